The lowest BCUT2D eigenvalue weighted by Gasteiger charge is -1.99. The molecule has 0 saturated carbocycles. The molecule has 9 heteroatoms. The molecule has 4 nitrogen and oxygen atoms in total. The number of carbonyl (C=O) groups excluding carboxylic acids is 1. The topological polar surface area (TPSA) is 47.2 Å². The van der Waals surface area contributed by atoms with Crippen molar-refractivity contribution in [1.29, 1.82) is 0 Å². The summed E-state index contributed by atoms with van der Waals surface area (Å²) in [6.45, 7) is -0.527. The number of alkyl halides is 4. The lowest BCUT2D eigenvalue weighted by Crippen LogP contribution is -2.26. The second-order valence-corrected chi connectivity index (χ2v) is 3.51. The van der Waals surface area contributed by atoms with Crippen LogP contribution in [0.5, 0.6) is 0 Å². The predicted octanol–water partition coefficient (Wildman–Crippen LogP) is 1.29. The minimum absolute atomic E-state index is 0.0873. The fourth-order valence-electron chi connectivity index (χ4n) is 0.835. The summed E-state index contributed by atoms with van der Waals surface area (Å²) < 4.78 is 48.6. The van der Waals surface area contributed by atoms with E-state index < -0.39 is 18.8 Å². The van der Waals surface area contributed by atoms with Crippen LogP contribution in [0.2, 0.25) is 0 Å². The third-order valence-electron chi connectivity index (χ3n) is 1.51. The Balaban J connectivity index is 2.91. The molecule has 0 aliphatic carbocycles. The molecule has 90 valence electrons. The van der Waals surface area contributed by atoms with Gasteiger partial charge in [-0.05, 0) is 6.42 Å². The van der Waals surface area contributed by atoms with Gasteiger partial charge in [0.15, 0.2) is 0 Å². The number of amides is 1. The molecule has 0 N–H and O–H groups in total. The van der Waals surface area contributed by atoms with Gasteiger partial charge in [-0.1, -0.05) is 11.3 Å². The van der Waals surface area contributed by atoms with E-state index in [1.165, 1.54) is 5.51 Å². The van der Waals surface area contributed by atoms with Crippen molar-refractivity contribution in [3.63, 3.8) is 0 Å². The largest absolute Gasteiger partial charge is 0.473 e. The van der Waals surface area contributed by atoms with E-state index in [2.05, 4.69) is 10.1 Å². The van der Waals surface area contributed by atoms with Gasteiger partial charge in [0, 0.05) is 6.54 Å². The molecule has 0 fully saturated rings. The van der Waals surface area contributed by atoms with Crippen LogP contribution in [-0.4, -0.2) is 28.5 Å². The van der Waals surface area contributed by atoms with Crippen molar-refractivity contribution in [2.45, 2.75) is 19.1 Å². The van der Waals surface area contributed by atoms with Gasteiger partial charge in [-0.25, -0.2) is 4.68 Å². The Morgan fingerprint density at radius 1 is 1.56 bits per heavy atom. The molecule has 0 saturated heterocycles. The Hall–Kier alpha value is -1.25. The maximum Gasteiger partial charge on any atom is 0.473 e. The molecule has 0 radical (unpaired) electrons. The molecule has 1 rings (SSSR count). The zero-order chi connectivity index (χ0) is 12.2. The van der Waals surface area contributed by atoms with Crippen molar-refractivity contribution >= 4 is 17.2 Å². The Bertz CT molecular complexity index is 422. The third-order valence-corrected chi connectivity index (χ3v) is 2.22. The summed E-state index contributed by atoms with van der Waals surface area (Å²) in [7, 11) is 0. The first kappa shape index (κ1) is 12.8. The van der Waals surface area contributed by atoms with Gasteiger partial charge in [0.05, 0.1) is 6.67 Å². The SMILES string of the molecule is O=C(N=c1scnn1CCCF)C(F)(F)F. The number of hydrogen-bond donors (Lipinski definition) is 0. The maximum absolute atomic E-state index is 11.9. The zero-order valence-corrected chi connectivity index (χ0v) is 8.69. The molecule has 1 heterocycles. The second-order valence-electron chi connectivity index (χ2n) is 2.70. The van der Waals surface area contributed by atoms with Gasteiger partial charge in [0.2, 0.25) is 4.80 Å². The Labute approximate surface area is 91.2 Å². The molecule has 0 aliphatic rings. The predicted molar refractivity (Wildman–Crippen MR) is 47.3 cm³/mol. The summed E-state index contributed by atoms with van der Waals surface area (Å²) in [5.41, 5.74) is 1.24. The molecule has 16 heavy (non-hydrogen) atoms. The third kappa shape index (κ3) is 3.40. The van der Waals surface area contributed by atoms with Crippen LogP contribution in [0.15, 0.2) is 10.5 Å². The number of halogens is 4. The van der Waals surface area contributed by atoms with Gasteiger partial charge in [-0.3, -0.25) is 9.18 Å². The number of aryl methyl sites for hydroxylation is 1. The van der Waals surface area contributed by atoms with Gasteiger partial charge in [0.25, 0.3) is 0 Å². The van der Waals surface area contributed by atoms with Crippen LogP contribution in [0, 0.1) is 0 Å². The lowest BCUT2D eigenvalue weighted by atomic mass is 10.5. The number of aromatic nitrogens is 2. The molecule has 1 amide bonds. The van der Waals surface area contributed by atoms with E-state index >= 15 is 0 Å². The van der Waals surface area contributed by atoms with E-state index in [1.54, 1.807) is 0 Å². The van der Waals surface area contributed by atoms with Crippen LogP contribution >= 0.6 is 11.3 Å². The van der Waals surface area contributed by atoms with Gasteiger partial charge in [0.1, 0.15) is 5.51 Å². The van der Waals surface area contributed by atoms with Crippen LogP contribution in [0.25, 0.3) is 0 Å². The number of hydrogen-bond acceptors (Lipinski definition) is 3. The monoisotopic (exact) mass is 257 g/mol. The Kier molecular flexibility index (Phi) is 4.16. The summed E-state index contributed by atoms with van der Waals surface area (Å²) in [6, 6.07) is 0. The molecule has 1 aromatic rings. The first-order valence-electron chi connectivity index (χ1n) is 4.17. The number of carbonyl (C=O) groups is 1. The van der Waals surface area contributed by atoms with Crippen molar-refractivity contribution in [1.82, 2.24) is 9.78 Å². The van der Waals surface area contributed by atoms with Crippen molar-refractivity contribution < 1.29 is 22.4 Å². The smallest absolute Gasteiger partial charge is 0.262 e. The average molecular weight is 257 g/mol. The minimum atomic E-state index is -5.00. The summed E-state index contributed by atoms with van der Waals surface area (Å²) >= 11 is 0.786. The van der Waals surface area contributed by atoms with Gasteiger partial charge < -0.3 is 0 Å². The van der Waals surface area contributed by atoms with Crippen molar-refractivity contribution in [3.8, 4) is 0 Å². The molecular formula is C7H7F4N3OS. The van der Waals surface area contributed by atoms with E-state index in [0.29, 0.717) is 0 Å². The Morgan fingerprint density at radius 3 is 2.81 bits per heavy atom. The van der Waals surface area contributed by atoms with Gasteiger partial charge in [-0.15, -0.1) is 0 Å². The normalized spacial score (nSPS) is 13.1. The summed E-state index contributed by atoms with van der Waals surface area (Å²) in [4.78, 5) is 13.2. The van der Waals surface area contributed by atoms with Crippen LogP contribution in [0.4, 0.5) is 17.6 Å². The quantitative estimate of drug-likeness (QED) is 0.766. The van der Waals surface area contributed by atoms with Crippen molar-refractivity contribution in [2.75, 3.05) is 6.67 Å². The van der Waals surface area contributed by atoms with E-state index in [9.17, 15) is 22.4 Å². The van der Waals surface area contributed by atoms with Crippen molar-refractivity contribution in [3.05, 3.63) is 10.3 Å². The summed E-state index contributed by atoms with van der Waals surface area (Å²) in [5, 5.41) is 3.64. The van der Waals surface area contributed by atoms with Gasteiger partial charge >= 0.3 is 12.1 Å². The molecule has 0 aliphatic heterocycles. The highest BCUT2D eigenvalue weighted by Gasteiger charge is 2.38. The number of rotatable bonds is 3. The second kappa shape index (κ2) is 5.19. The van der Waals surface area contributed by atoms with E-state index in [1.807, 2.05) is 0 Å². The molecule has 0 unspecified atom stereocenters. The first-order chi connectivity index (χ1) is 7.45. The minimum Gasteiger partial charge on any atom is -0.262 e. The van der Waals surface area contributed by atoms with Crippen LogP contribution < -0.4 is 4.80 Å². The van der Waals surface area contributed by atoms with Crippen LogP contribution in [0.1, 0.15) is 6.42 Å². The maximum atomic E-state index is 11.9. The molecule has 0 bridgehead atoms. The lowest BCUT2D eigenvalue weighted by molar-refractivity contribution is -0.169. The first-order valence-corrected chi connectivity index (χ1v) is 5.05. The van der Waals surface area contributed by atoms with Crippen LogP contribution in [-0.2, 0) is 11.3 Å². The van der Waals surface area contributed by atoms with Crippen molar-refractivity contribution in [2.24, 2.45) is 4.99 Å². The van der Waals surface area contributed by atoms with Crippen LogP contribution in [0.3, 0.4) is 0 Å². The molecular weight excluding hydrogens is 250 g/mol. The summed E-state index contributed by atoms with van der Waals surface area (Å²) in [5.74, 6) is -2.19. The van der Waals surface area contributed by atoms with E-state index in [-0.39, 0.29) is 17.8 Å². The molecule has 0 aromatic carbocycles. The van der Waals surface area contributed by atoms with E-state index in [4.69, 9.17) is 0 Å². The molecule has 0 spiro atoms. The highest BCUT2D eigenvalue weighted by atomic mass is 32.1. The Morgan fingerprint density at radius 2 is 2.25 bits per heavy atom. The molecule has 0 atom stereocenters. The highest BCUT2D eigenvalue weighted by Crippen LogP contribution is 2.15. The highest BCUT2D eigenvalue weighted by molar-refractivity contribution is 7.06. The average Bonchev–Trinajstić information content (AvgIpc) is 2.61. The standard InChI is InChI=1S/C7H7F4N3OS/c8-2-1-3-14-6(16-4-12-14)13-5(15)7(9,10)11/h4H,1-3H2. The fraction of sp³-hybridized carbons (Fsp3) is 0.571. The molecule has 1 aromatic heterocycles. The number of nitrogens with zero attached hydrogens (tertiary/aromatic N) is 3. The zero-order valence-electron chi connectivity index (χ0n) is 7.87. The fourth-order valence-corrected chi connectivity index (χ4v) is 1.49. The van der Waals surface area contributed by atoms with E-state index in [0.717, 1.165) is 16.0 Å². The summed E-state index contributed by atoms with van der Waals surface area (Å²) in [6.07, 6.45) is -4.89. The van der Waals surface area contributed by atoms with Gasteiger partial charge in [-0.2, -0.15) is 23.3 Å².